The summed E-state index contributed by atoms with van der Waals surface area (Å²) in [6, 6.07) is 3.37. The monoisotopic (exact) mass is 208 g/mol. The molecule has 6 heteroatoms. The minimum Gasteiger partial charge on any atom is -0.298 e. The highest BCUT2D eigenvalue weighted by Crippen LogP contribution is 2.21. The van der Waals surface area contributed by atoms with Gasteiger partial charge in [0.15, 0.2) is 6.29 Å². The van der Waals surface area contributed by atoms with Gasteiger partial charge in [-0.3, -0.25) is 14.9 Å². The Morgan fingerprint density at radius 3 is 2.73 bits per heavy atom. The molecule has 0 N–H and O–H groups in total. The molecule has 0 amide bonds. The summed E-state index contributed by atoms with van der Waals surface area (Å²) < 4.78 is 13.1. The molecule has 0 fully saturated rings. The highest BCUT2D eigenvalue weighted by atomic mass is 19.1. The van der Waals surface area contributed by atoms with Crippen LogP contribution in [0.2, 0.25) is 0 Å². The van der Waals surface area contributed by atoms with Gasteiger partial charge >= 0.3 is 0 Å². The van der Waals surface area contributed by atoms with Gasteiger partial charge in [-0.05, 0) is 6.07 Å². The number of nitrogens with zero attached hydrogens (tertiary/aromatic N) is 2. The molecule has 0 saturated heterocycles. The average Bonchev–Trinajstić information content (AvgIpc) is 2.20. The van der Waals surface area contributed by atoms with E-state index in [9.17, 15) is 19.3 Å². The lowest BCUT2D eigenvalue weighted by Crippen LogP contribution is -1.99. The standard InChI is InChI=1S/C9H5FN2O3/c10-8-4-9(12(14)15)7(5-13)3-6(8)1-2-11/h3-5H,1H2. The van der Waals surface area contributed by atoms with E-state index in [-0.39, 0.29) is 23.8 Å². The molecule has 0 spiro atoms. The Morgan fingerprint density at radius 1 is 1.60 bits per heavy atom. The number of hydrogen-bond acceptors (Lipinski definition) is 4. The van der Waals surface area contributed by atoms with Crippen LogP contribution in [0.15, 0.2) is 12.1 Å². The molecule has 76 valence electrons. The van der Waals surface area contributed by atoms with Crippen LogP contribution in [0.25, 0.3) is 0 Å². The second-order valence-corrected chi connectivity index (χ2v) is 2.71. The molecule has 0 aliphatic rings. The van der Waals surface area contributed by atoms with Crippen molar-refractivity contribution in [3.8, 4) is 6.07 Å². The van der Waals surface area contributed by atoms with Crippen LogP contribution in [0.4, 0.5) is 10.1 Å². The maximum Gasteiger partial charge on any atom is 0.282 e. The maximum absolute atomic E-state index is 13.1. The SMILES string of the molecule is N#CCc1cc(C=O)c([N+](=O)[O-])cc1F. The summed E-state index contributed by atoms with van der Waals surface area (Å²) in [5.74, 6) is -0.853. The first-order valence-corrected chi connectivity index (χ1v) is 3.89. The van der Waals surface area contributed by atoms with Crippen molar-refractivity contribution in [1.29, 1.82) is 5.26 Å². The van der Waals surface area contributed by atoms with Gasteiger partial charge in [-0.2, -0.15) is 5.26 Å². The van der Waals surface area contributed by atoms with E-state index in [0.717, 1.165) is 6.07 Å². The lowest BCUT2D eigenvalue weighted by atomic mass is 10.1. The molecule has 0 radical (unpaired) electrons. The van der Waals surface area contributed by atoms with Gasteiger partial charge in [-0.25, -0.2) is 4.39 Å². The molecular weight excluding hydrogens is 203 g/mol. The summed E-state index contributed by atoms with van der Waals surface area (Å²) in [7, 11) is 0. The van der Waals surface area contributed by atoms with Crippen molar-refractivity contribution < 1.29 is 14.1 Å². The van der Waals surface area contributed by atoms with Crippen LogP contribution in [0.3, 0.4) is 0 Å². The van der Waals surface area contributed by atoms with E-state index in [1.165, 1.54) is 0 Å². The van der Waals surface area contributed by atoms with Crippen molar-refractivity contribution in [3.63, 3.8) is 0 Å². The summed E-state index contributed by atoms with van der Waals surface area (Å²) >= 11 is 0. The van der Waals surface area contributed by atoms with E-state index in [2.05, 4.69) is 0 Å². The number of rotatable bonds is 3. The summed E-state index contributed by atoms with van der Waals surface area (Å²) in [5, 5.41) is 18.8. The van der Waals surface area contributed by atoms with Crippen LogP contribution in [0, 0.1) is 27.3 Å². The van der Waals surface area contributed by atoms with Crippen LogP contribution in [-0.2, 0) is 6.42 Å². The van der Waals surface area contributed by atoms with Crippen LogP contribution >= 0.6 is 0 Å². The van der Waals surface area contributed by atoms with Gasteiger partial charge < -0.3 is 0 Å². The number of carbonyl (C=O) groups excluding carboxylic acids is 1. The Balaban J connectivity index is 3.36. The topological polar surface area (TPSA) is 84.0 Å². The lowest BCUT2D eigenvalue weighted by molar-refractivity contribution is -0.385. The third-order valence-corrected chi connectivity index (χ3v) is 1.79. The Hall–Kier alpha value is -2.29. The predicted octanol–water partition coefficient (Wildman–Crippen LogP) is 1.61. The van der Waals surface area contributed by atoms with Crippen molar-refractivity contribution in [2.24, 2.45) is 0 Å². The number of benzene rings is 1. The van der Waals surface area contributed by atoms with Gasteiger partial charge in [0.2, 0.25) is 0 Å². The number of nitro benzene ring substituents is 1. The van der Waals surface area contributed by atoms with Crippen LogP contribution in [0.1, 0.15) is 15.9 Å². The van der Waals surface area contributed by atoms with Crippen molar-refractivity contribution >= 4 is 12.0 Å². The molecule has 0 atom stereocenters. The normalized spacial score (nSPS) is 9.33. The van der Waals surface area contributed by atoms with E-state index in [0.29, 0.717) is 6.07 Å². The second kappa shape index (κ2) is 4.28. The fourth-order valence-corrected chi connectivity index (χ4v) is 1.10. The van der Waals surface area contributed by atoms with Gasteiger partial charge in [-0.15, -0.1) is 0 Å². The molecule has 0 bridgehead atoms. The zero-order chi connectivity index (χ0) is 11.4. The van der Waals surface area contributed by atoms with Crippen LogP contribution in [0.5, 0.6) is 0 Å². The molecule has 0 aliphatic heterocycles. The molecule has 0 aliphatic carbocycles. The number of halogens is 1. The molecule has 15 heavy (non-hydrogen) atoms. The molecule has 0 aromatic heterocycles. The zero-order valence-electron chi connectivity index (χ0n) is 7.44. The number of hydrogen-bond donors (Lipinski definition) is 0. The first-order valence-electron chi connectivity index (χ1n) is 3.89. The van der Waals surface area contributed by atoms with Gasteiger partial charge in [0, 0.05) is 5.56 Å². The molecule has 1 aromatic rings. The van der Waals surface area contributed by atoms with Gasteiger partial charge in [0.25, 0.3) is 5.69 Å². The Kier molecular flexibility index (Phi) is 3.08. The Bertz CT molecular complexity index is 465. The first kappa shape index (κ1) is 10.8. The molecule has 0 unspecified atom stereocenters. The predicted molar refractivity (Wildman–Crippen MR) is 47.8 cm³/mol. The third kappa shape index (κ3) is 2.14. The molecule has 5 nitrogen and oxygen atoms in total. The smallest absolute Gasteiger partial charge is 0.282 e. The molecule has 0 saturated carbocycles. The van der Waals surface area contributed by atoms with Gasteiger partial charge in [-0.1, -0.05) is 0 Å². The molecule has 0 heterocycles. The highest BCUT2D eigenvalue weighted by Gasteiger charge is 2.17. The summed E-state index contributed by atoms with van der Waals surface area (Å²) in [6.07, 6.45) is 0.0309. The molecular formula is C9H5FN2O3. The first-order chi connectivity index (χ1) is 7.10. The zero-order valence-corrected chi connectivity index (χ0v) is 7.44. The summed E-state index contributed by atoms with van der Waals surface area (Å²) in [5.41, 5.74) is -0.846. The minimum atomic E-state index is -0.853. The minimum absolute atomic E-state index is 0.0230. The third-order valence-electron chi connectivity index (χ3n) is 1.79. The Labute approximate surface area is 83.9 Å². The highest BCUT2D eigenvalue weighted by molar-refractivity contribution is 5.81. The van der Waals surface area contributed by atoms with Crippen LogP contribution < -0.4 is 0 Å². The average molecular weight is 208 g/mol. The van der Waals surface area contributed by atoms with Crippen molar-refractivity contribution in [3.05, 3.63) is 39.2 Å². The van der Waals surface area contributed by atoms with Crippen molar-refractivity contribution in [2.75, 3.05) is 0 Å². The maximum atomic E-state index is 13.1. The fraction of sp³-hybridized carbons (Fsp3) is 0.111. The van der Waals surface area contributed by atoms with E-state index in [4.69, 9.17) is 5.26 Å². The number of carbonyl (C=O) groups is 1. The molecule has 1 rings (SSSR count). The largest absolute Gasteiger partial charge is 0.298 e. The van der Waals surface area contributed by atoms with Gasteiger partial charge in [0.1, 0.15) is 5.82 Å². The number of nitro groups is 1. The van der Waals surface area contributed by atoms with Crippen molar-refractivity contribution in [1.82, 2.24) is 0 Å². The van der Waals surface area contributed by atoms with Crippen molar-refractivity contribution in [2.45, 2.75) is 6.42 Å². The lowest BCUT2D eigenvalue weighted by Gasteiger charge is -2.00. The summed E-state index contributed by atoms with van der Waals surface area (Å²) in [6.45, 7) is 0. The second-order valence-electron chi connectivity index (χ2n) is 2.71. The number of nitriles is 1. The van der Waals surface area contributed by atoms with Gasteiger partial charge in [0.05, 0.1) is 29.0 Å². The van der Waals surface area contributed by atoms with E-state index in [1.807, 2.05) is 0 Å². The quantitative estimate of drug-likeness (QED) is 0.429. The Morgan fingerprint density at radius 2 is 2.27 bits per heavy atom. The molecule has 1 aromatic carbocycles. The van der Waals surface area contributed by atoms with E-state index in [1.54, 1.807) is 6.07 Å². The van der Waals surface area contributed by atoms with Crippen LogP contribution in [-0.4, -0.2) is 11.2 Å². The fourth-order valence-electron chi connectivity index (χ4n) is 1.10. The van der Waals surface area contributed by atoms with E-state index < -0.39 is 16.4 Å². The number of aldehydes is 1. The van der Waals surface area contributed by atoms with E-state index >= 15 is 0 Å². The summed E-state index contributed by atoms with van der Waals surface area (Å²) in [4.78, 5) is 20.1.